The highest BCUT2D eigenvalue weighted by molar-refractivity contribution is 6.17. The summed E-state index contributed by atoms with van der Waals surface area (Å²) in [6, 6.07) is 7.99. The number of halogens is 1. The molecule has 1 aromatic carbocycles. The van der Waals surface area contributed by atoms with Gasteiger partial charge in [0, 0.05) is 18.8 Å². The Labute approximate surface area is 121 Å². The minimum Gasteiger partial charge on any atom is -0.352 e. The summed E-state index contributed by atoms with van der Waals surface area (Å²) in [6.07, 6.45) is 0.568. The molecule has 0 aliphatic carbocycles. The Balaban J connectivity index is 2.46. The lowest BCUT2D eigenvalue weighted by molar-refractivity contribution is -0.122. The predicted octanol–water partition coefficient (Wildman–Crippen LogP) is 4.11. The van der Waals surface area contributed by atoms with Crippen molar-refractivity contribution >= 4 is 17.5 Å². The molecule has 1 rings (SSSR count). The van der Waals surface area contributed by atoms with Crippen LogP contribution in [0.1, 0.15) is 45.2 Å². The molecule has 1 atom stereocenters. The summed E-state index contributed by atoms with van der Waals surface area (Å²) in [5, 5.41) is 2.97. The van der Waals surface area contributed by atoms with Crippen molar-refractivity contribution in [1.29, 1.82) is 0 Å². The minimum absolute atomic E-state index is 0.110. The van der Waals surface area contributed by atoms with Crippen molar-refractivity contribution in [2.75, 3.05) is 0 Å². The predicted molar refractivity (Wildman–Crippen MR) is 81.1 cm³/mol. The number of alkyl halides is 1. The quantitative estimate of drug-likeness (QED) is 0.809. The molecule has 0 spiro atoms. The summed E-state index contributed by atoms with van der Waals surface area (Å²) in [4.78, 5) is 11.9. The van der Waals surface area contributed by atoms with E-state index in [-0.39, 0.29) is 11.3 Å². The van der Waals surface area contributed by atoms with Gasteiger partial charge in [0.2, 0.25) is 5.91 Å². The van der Waals surface area contributed by atoms with Crippen LogP contribution >= 0.6 is 11.6 Å². The van der Waals surface area contributed by atoms with E-state index < -0.39 is 0 Å². The molecule has 3 heteroatoms. The summed E-state index contributed by atoms with van der Waals surface area (Å²) >= 11 is 5.79. The molecule has 2 nitrogen and oxygen atoms in total. The monoisotopic (exact) mass is 281 g/mol. The van der Waals surface area contributed by atoms with E-state index in [0.717, 1.165) is 11.1 Å². The van der Waals surface area contributed by atoms with Crippen molar-refractivity contribution < 1.29 is 4.79 Å². The van der Waals surface area contributed by atoms with E-state index in [1.807, 2.05) is 24.3 Å². The molecule has 106 valence electrons. The topological polar surface area (TPSA) is 29.1 Å². The number of amides is 1. The van der Waals surface area contributed by atoms with Crippen molar-refractivity contribution in [2.45, 2.75) is 46.5 Å². The molecular weight excluding hydrogens is 258 g/mol. The van der Waals surface area contributed by atoms with Gasteiger partial charge in [-0.25, -0.2) is 0 Å². The van der Waals surface area contributed by atoms with Gasteiger partial charge < -0.3 is 5.32 Å². The lowest BCUT2D eigenvalue weighted by atomic mass is 9.80. The maximum atomic E-state index is 11.9. The van der Waals surface area contributed by atoms with E-state index in [1.165, 1.54) is 0 Å². The zero-order valence-corrected chi connectivity index (χ0v) is 13.1. The smallest absolute Gasteiger partial charge is 0.220 e. The van der Waals surface area contributed by atoms with Crippen molar-refractivity contribution in [3.63, 3.8) is 0 Å². The van der Waals surface area contributed by atoms with Crippen LogP contribution < -0.4 is 5.32 Å². The van der Waals surface area contributed by atoms with Crippen molar-refractivity contribution in [1.82, 2.24) is 5.32 Å². The molecule has 0 fully saturated rings. The second-order valence-corrected chi connectivity index (χ2v) is 6.47. The molecule has 1 unspecified atom stereocenters. The van der Waals surface area contributed by atoms with Crippen LogP contribution in [0, 0.1) is 11.3 Å². The number of carbonyl (C=O) groups is 1. The third-order valence-corrected chi connectivity index (χ3v) is 3.91. The van der Waals surface area contributed by atoms with Gasteiger partial charge in [0.15, 0.2) is 0 Å². The van der Waals surface area contributed by atoms with Crippen LogP contribution in [-0.4, -0.2) is 5.91 Å². The lowest BCUT2D eigenvalue weighted by Gasteiger charge is -2.26. The first-order valence-corrected chi connectivity index (χ1v) is 7.27. The number of carbonyl (C=O) groups excluding carboxylic acids is 1. The van der Waals surface area contributed by atoms with Gasteiger partial charge in [-0.2, -0.15) is 0 Å². The second kappa shape index (κ2) is 6.95. The molecule has 0 aliphatic rings. The first-order chi connectivity index (χ1) is 8.82. The maximum absolute atomic E-state index is 11.9. The number of hydrogen-bond donors (Lipinski definition) is 1. The Hall–Kier alpha value is -1.02. The first-order valence-electron chi connectivity index (χ1n) is 6.73. The Morgan fingerprint density at radius 1 is 1.32 bits per heavy atom. The molecular formula is C16H24ClNO. The molecule has 0 saturated heterocycles. The number of hydrogen-bond acceptors (Lipinski definition) is 1. The Morgan fingerprint density at radius 3 is 2.53 bits per heavy atom. The molecule has 0 saturated carbocycles. The van der Waals surface area contributed by atoms with Gasteiger partial charge in [0.25, 0.3) is 0 Å². The fraction of sp³-hybridized carbons (Fsp3) is 0.562. The Morgan fingerprint density at radius 2 is 1.95 bits per heavy atom. The number of benzene rings is 1. The van der Waals surface area contributed by atoms with Crippen molar-refractivity contribution in [3.8, 4) is 0 Å². The fourth-order valence-electron chi connectivity index (χ4n) is 1.68. The molecule has 1 aromatic rings. The van der Waals surface area contributed by atoms with Crippen LogP contribution in [0.5, 0.6) is 0 Å². The van der Waals surface area contributed by atoms with Crippen LogP contribution in [0.4, 0.5) is 0 Å². The SMILES string of the molecule is CC(CC(=O)NCc1cccc(CCl)c1)C(C)(C)C. The molecule has 0 heterocycles. The number of nitrogens with one attached hydrogen (secondary N) is 1. The van der Waals surface area contributed by atoms with Crippen LogP contribution in [0.15, 0.2) is 24.3 Å². The Bertz CT molecular complexity index is 423. The minimum atomic E-state index is 0.110. The highest BCUT2D eigenvalue weighted by Gasteiger charge is 2.22. The zero-order chi connectivity index (χ0) is 14.5. The van der Waals surface area contributed by atoms with Gasteiger partial charge in [0.1, 0.15) is 0 Å². The van der Waals surface area contributed by atoms with E-state index in [9.17, 15) is 4.79 Å². The molecule has 0 radical (unpaired) electrons. The average Bonchev–Trinajstić information content (AvgIpc) is 2.35. The second-order valence-electron chi connectivity index (χ2n) is 6.20. The van der Waals surface area contributed by atoms with Crippen molar-refractivity contribution in [2.24, 2.45) is 11.3 Å². The van der Waals surface area contributed by atoms with Gasteiger partial charge in [-0.05, 0) is 22.5 Å². The third-order valence-electron chi connectivity index (χ3n) is 3.61. The van der Waals surface area contributed by atoms with E-state index in [4.69, 9.17) is 11.6 Å². The summed E-state index contributed by atoms with van der Waals surface area (Å²) in [5.74, 6) is 0.975. The summed E-state index contributed by atoms with van der Waals surface area (Å²) < 4.78 is 0. The Kier molecular flexibility index (Phi) is 5.86. The lowest BCUT2D eigenvalue weighted by Crippen LogP contribution is -2.28. The average molecular weight is 282 g/mol. The van der Waals surface area contributed by atoms with E-state index in [0.29, 0.717) is 24.8 Å². The summed E-state index contributed by atoms with van der Waals surface area (Å²) in [6.45, 7) is 9.17. The van der Waals surface area contributed by atoms with Crippen molar-refractivity contribution in [3.05, 3.63) is 35.4 Å². The summed E-state index contributed by atoms with van der Waals surface area (Å²) in [7, 11) is 0. The molecule has 0 aliphatic heterocycles. The molecule has 1 N–H and O–H groups in total. The fourth-order valence-corrected chi connectivity index (χ4v) is 1.85. The highest BCUT2D eigenvalue weighted by Crippen LogP contribution is 2.27. The molecule has 19 heavy (non-hydrogen) atoms. The first kappa shape index (κ1) is 16.0. The third kappa shape index (κ3) is 5.65. The zero-order valence-electron chi connectivity index (χ0n) is 12.3. The van der Waals surface area contributed by atoms with Crippen LogP contribution in [0.25, 0.3) is 0 Å². The van der Waals surface area contributed by atoms with Crippen LogP contribution in [0.3, 0.4) is 0 Å². The molecule has 0 bridgehead atoms. The largest absolute Gasteiger partial charge is 0.352 e. The molecule has 0 aromatic heterocycles. The molecule has 1 amide bonds. The number of rotatable bonds is 5. The highest BCUT2D eigenvalue weighted by atomic mass is 35.5. The summed E-state index contributed by atoms with van der Waals surface area (Å²) in [5.41, 5.74) is 2.34. The van der Waals surface area contributed by atoms with E-state index in [1.54, 1.807) is 0 Å². The normalized spacial score (nSPS) is 13.1. The standard InChI is InChI=1S/C16H24ClNO/c1-12(16(2,3)4)8-15(19)18-11-14-7-5-6-13(9-14)10-17/h5-7,9,12H,8,10-11H2,1-4H3,(H,18,19). The van der Waals surface area contributed by atoms with E-state index in [2.05, 4.69) is 33.0 Å². The van der Waals surface area contributed by atoms with Crippen LogP contribution in [-0.2, 0) is 17.2 Å². The van der Waals surface area contributed by atoms with Gasteiger partial charge in [-0.3, -0.25) is 4.79 Å². The van der Waals surface area contributed by atoms with Gasteiger partial charge >= 0.3 is 0 Å². The van der Waals surface area contributed by atoms with Gasteiger partial charge in [0.05, 0.1) is 0 Å². The van der Waals surface area contributed by atoms with Crippen LogP contribution in [0.2, 0.25) is 0 Å². The van der Waals surface area contributed by atoms with Gasteiger partial charge in [-0.1, -0.05) is 52.0 Å². The van der Waals surface area contributed by atoms with Gasteiger partial charge in [-0.15, -0.1) is 11.6 Å². The van der Waals surface area contributed by atoms with E-state index >= 15 is 0 Å². The maximum Gasteiger partial charge on any atom is 0.220 e.